The summed E-state index contributed by atoms with van der Waals surface area (Å²) in [6.07, 6.45) is 4.99. The third-order valence-corrected chi connectivity index (χ3v) is 1.07. The Bertz CT molecular complexity index is 249. The molecule has 0 aliphatic rings. The van der Waals surface area contributed by atoms with Crippen LogP contribution in [-0.4, -0.2) is 30.2 Å². The van der Waals surface area contributed by atoms with Gasteiger partial charge in [0.15, 0.2) is 0 Å². The second kappa shape index (κ2) is 1.90. The molecule has 0 saturated carbocycles. The maximum Gasteiger partial charge on any atom is 0.275 e. The molecule has 2 heterocycles. The van der Waals surface area contributed by atoms with E-state index in [1.54, 1.807) is 23.3 Å². The van der Waals surface area contributed by atoms with Crippen molar-refractivity contribution in [2.24, 2.45) is 0 Å². The van der Waals surface area contributed by atoms with E-state index in [4.69, 9.17) is 0 Å². The Morgan fingerprint density at radius 2 is 2.50 bits per heavy atom. The van der Waals surface area contributed by atoms with Crippen molar-refractivity contribution in [2.45, 2.75) is 0 Å². The van der Waals surface area contributed by atoms with Crippen LogP contribution in [-0.2, 0) is 0 Å². The van der Waals surface area contributed by atoms with Crippen LogP contribution < -0.4 is 0 Å². The summed E-state index contributed by atoms with van der Waals surface area (Å²) in [6, 6.07) is 0. The third kappa shape index (κ3) is 0.661. The molecule has 6 heteroatoms. The van der Waals surface area contributed by atoms with E-state index in [0.29, 0.717) is 5.95 Å². The fraction of sp³-hybridized carbons (Fsp3) is 0. The van der Waals surface area contributed by atoms with E-state index in [0.717, 1.165) is 0 Å². The van der Waals surface area contributed by atoms with Gasteiger partial charge in [-0.1, -0.05) is 5.10 Å². The maximum atomic E-state index is 3.82. The number of nitrogens with one attached hydrogen (secondary N) is 1. The van der Waals surface area contributed by atoms with E-state index >= 15 is 0 Å². The number of imidazole rings is 1. The molecule has 0 atom stereocenters. The average molecular weight is 136 g/mol. The number of H-pyrrole nitrogens is 1. The summed E-state index contributed by atoms with van der Waals surface area (Å²) in [7, 11) is 0. The van der Waals surface area contributed by atoms with Crippen molar-refractivity contribution in [1.29, 1.82) is 0 Å². The van der Waals surface area contributed by atoms with Gasteiger partial charge < -0.3 is 0 Å². The summed E-state index contributed by atoms with van der Waals surface area (Å²) in [5.74, 6) is 0.498. The summed E-state index contributed by atoms with van der Waals surface area (Å²) < 4.78 is 1.66. The highest BCUT2D eigenvalue weighted by atomic mass is 15.5. The largest absolute Gasteiger partial charge is 0.275 e. The lowest BCUT2D eigenvalue weighted by Gasteiger charge is -1.87. The smallest absolute Gasteiger partial charge is 0.272 e. The molecule has 0 bridgehead atoms. The topological polar surface area (TPSA) is 72.3 Å². The zero-order valence-electron chi connectivity index (χ0n) is 4.97. The molecular formula is C4H4N6. The van der Waals surface area contributed by atoms with Crippen LogP contribution in [0, 0.1) is 0 Å². The van der Waals surface area contributed by atoms with Crippen LogP contribution in [0.4, 0.5) is 0 Å². The van der Waals surface area contributed by atoms with Crippen molar-refractivity contribution < 1.29 is 0 Å². The van der Waals surface area contributed by atoms with E-state index in [2.05, 4.69) is 25.6 Å². The number of aromatic nitrogens is 6. The number of rotatable bonds is 1. The first-order valence-corrected chi connectivity index (χ1v) is 2.68. The molecule has 0 saturated heterocycles. The van der Waals surface area contributed by atoms with Gasteiger partial charge in [-0.25, -0.2) is 4.98 Å². The van der Waals surface area contributed by atoms with Gasteiger partial charge in [-0.05, 0) is 5.21 Å². The molecular weight excluding hydrogens is 132 g/mol. The number of tetrazole rings is 1. The van der Waals surface area contributed by atoms with Gasteiger partial charge in [-0.3, -0.25) is 4.57 Å². The lowest BCUT2D eigenvalue weighted by Crippen LogP contribution is -1.91. The van der Waals surface area contributed by atoms with Crippen molar-refractivity contribution in [3.05, 3.63) is 18.7 Å². The fourth-order valence-corrected chi connectivity index (χ4v) is 0.643. The number of nitrogens with zero attached hydrogens (tertiary/aromatic N) is 5. The SMILES string of the molecule is c1cn(-c2nn[nH]n2)cn1. The molecule has 0 spiro atoms. The third-order valence-electron chi connectivity index (χ3n) is 1.07. The van der Waals surface area contributed by atoms with E-state index in [1.165, 1.54) is 0 Å². The summed E-state index contributed by atoms with van der Waals surface area (Å²) in [5, 5.41) is 13.2. The van der Waals surface area contributed by atoms with Gasteiger partial charge in [-0.2, -0.15) is 5.21 Å². The Labute approximate surface area is 55.9 Å². The van der Waals surface area contributed by atoms with E-state index in [9.17, 15) is 0 Å². The molecule has 6 nitrogen and oxygen atoms in total. The molecule has 0 radical (unpaired) electrons. The van der Waals surface area contributed by atoms with Crippen molar-refractivity contribution >= 4 is 0 Å². The van der Waals surface area contributed by atoms with Gasteiger partial charge in [0.25, 0.3) is 5.95 Å². The Hall–Kier alpha value is -1.72. The summed E-state index contributed by atoms with van der Waals surface area (Å²) >= 11 is 0. The first-order valence-electron chi connectivity index (χ1n) is 2.68. The fourth-order valence-electron chi connectivity index (χ4n) is 0.643. The van der Waals surface area contributed by atoms with Crippen molar-refractivity contribution in [3.8, 4) is 5.95 Å². The standard InChI is InChI=1S/C4H4N6/c1-2-10(3-5-1)4-6-8-9-7-4/h1-3H,(H,6,7,8,9). The predicted octanol–water partition coefficient (Wildman–Crippen LogP) is -0.615. The van der Waals surface area contributed by atoms with E-state index in [-0.39, 0.29) is 0 Å². The van der Waals surface area contributed by atoms with Crippen molar-refractivity contribution in [3.63, 3.8) is 0 Å². The highest BCUT2D eigenvalue weighted by Crippen LogP contribution is 1.92. The lowest BCUT2D eigenvalue weighted by atomic mass is 10.9. The summed E-state index contributed by atoms with van der Waals surface area (Å²) in [5.41, 5.74) is 0. The molecule has 0 aliphatic heterocycles. The van der Waals surface area contributed by atoms with E-state index < -0.39 is 0 Å². The summed E-state index contributed by atoms with van der Waals surface area (Å²) in [4.78, 5) is 3.82. The van der Waals surface area contributed by atoms with Gasteiger partial charge in [0, 0.05) is 12.4 Å². The van der Waals surface area contributed by atoms with Crippen LogP contribution >= 0.6 is 0 Å². The zero-order chi connectivity index (χ0) is 6.81. The minimum Gasteiger partial charge on any atom is -0.272 e. The quantitative estimate of drug-likeness (QED) is 0.567. The molecule has 2 rings (SSSR count). The maximum absolute atomic E-state index is 3.82. The predicted molar refractivity (Wildman–Crippen MR) is 31.3 cm³/mol. The summed E-state index contributed by atoms with van der Waals surface area (Å²) in [6.45, 7) is 0. The van der Waals surface area contributed by atoms with Gasteiger partial charge >= 0.3 is 0 Å². The Morgan fingerprint density at radius 3 is 3.10 bits per heavy atom. The number of hydrogen-bond donors (Lipinski definition) is 1. The van der Waals surface area contributed by atoms with Crippen LogP contribution in [0.3, 0.4) is 0 Å². The second-order valence-electron chi connectivity index (χ2n) is 1.68. The molecule has 2 aromatic rings. The highest BCUT2D eigenvalue weighted by molar-refractivity contribution is 5.03. The minimum absolute atomic E-state index is 0.498. The molecule has 10 heavy (non-hydrogen) atoms. The van der Waals surface area contributed by atoms with Gasteiger partial charge in [0.2, 0.25) is 0 Å². The normalized spacial score (nSPS) is 10.0. The Balaban J connectivity index is 2.48. The molecule has 2 aromatic heterocycles. The zero-order valence-corrected chi connectivity index (χ0v) is 4.97. The second-order valence-corrected chi connectivity index (χ2v) is 1.68. The molecule has 0 aliphatic carbocycles. The minimum atomic E-state index is 0.498. The van der Waals surface area contributed by atoms with E-state index in [1.807, 2.05) is 0 Å². The molecule has 1 N–H and O–H groups in total. The monoisotopic (exact) mass is 136 g/mol. The van der Waals surface area contributed by atoms with Crippen LogP contribution in [0.15, 0.2) is 18.7 Å². The highest BCUT2D eigenvalue weighted by Gasteiger charge is 1.96. The average Bonchev–Trinajstić information content (AvgIpc) is 2.59. The molecule has 0 aromatic carbocycles. The van der Waals surface area contributed by atoms with Crippen molar-refractivity contribution in [2.75, 3.05) is 0 Å². The van der Waals surface area contributed by atoms with Crippen LogP contribution in [0.5, 0.6) is 0 Å². The molecule has 0 unspecified atom stereocenters. The van der Waals surface area contributed by atoms with Gasteiger partial charge in [-0.15, -0.1) is 5.10 Å². The van der Waals surface area contributed by atoms with Crippen LogP contribution in [0.25, 0.3) is 5.95 Å². The van der Waals surface area contributed by atoms with Crippen LogP contribution in [0.2, 0.25) is 0 Å². The number of aromatic amines is 1. The van der Waals surface area contributed by atoms with Gasteiger partial charge in [0.1, 0.15) is 6.33 Å². The number of hydrogen-bond acceptors (Lipinski definition) is 4. The van der Waals surface area contributed by atoms with Gasteiger partial charge in [0.05, 0.1) is 0 Å². The molecule has 0 amide bonds. The first-order chi connectivity index (χ1) is 4.97. The van der Waals surface area contributed by atoms with Crippen molar-refractivity contribution in [1.82, 2.24) is 30.2 Å². The lowest BCUT2D eigenvalue weighted by molar-refractivity contribution is 0.881. The first kappa shape index (κ1) is 5.10. The van der Waals surface area contributed by atoms with Crippen LogP contribution in [0.1, 0.15) is 0 Å². The molecule has 0 fully saturated rings. The molecule has 50 valence electrons. The Kier molecular flexibility index (Phi) is 0.970. The Morgan fingerprint density at radius 1 is 1.50 bits per heavy atom.